The van der Waals surface area contributed by atoms with Gasteiger partial charge in [-0.05, 0) is 23.8 Å². The first-order valence-corrected chi connectivity index (χ1v) is 6.09. The summed E-state index contributed by atoms with van der Waals surface area (Å²) in [6, 6.07) is 10.2. The maximum Gasteiger partial charge on any atom is 0.170 e. The summed E-state index contributed by atoms with van der Waals surface area (Å²) < 4.78 is 27.0. The van der Waals surface area contributed by atoms with Gasteiger partial charge in [-0.15, -0.1) is 0 Å². The summed E-state index contributed by atoms with van der Waals surface area (Å²) >= 11 is 3.32. The molecule has 0 spiro atoms. The predicted molar refractivity (Wildman–Crippen MR) is 68.5 cm³/mol. The Morgan fingerprint density at radius 3 is 2.50 bits per heavy atom. The molecule has 0 saturated heterocycles. The molecule has 92 valence electrons. The molecule has 0 heterocycles. The number of rotatable bonds is 3. The molecule has 0 bridgehead atoms. The largest absolute Gasteiger partial charge is 0.294 e. The molecule has 2 aromatic carbocycles. The molecule has 0 amide bonds. The van der Waals surface area contributed by atoms with Crippen molar-refractivity contribution in [2.24, 2.45) is 0 Å². The second kappa shape index (κ2) is 5.40. The van der Waals surface area contributed by atoms with Crippen molar-refractivity contribution in [2.45, 2.75) is 6.42 Å². The molecule has 0 aliphatic carbocycles. The van der Waals surface area contributed by atoms with Crippen LogP contribution in [0.15, 0.2) is 46.9 Å². The van der Waals surface area contributed by atoms with Gasteiger partial charge in [-0.1, -0.05) is 34.1 Å². The molecule has 0 atom stereocenters. The lowest BCUT2D eigenvalue weighted by molar-refractivity contribution is 0.0989. The van der Waals surface area contributed by atoms with E-state index in [0.29, 0.717) is 6.07 Å². The van der Waals surface area contributed by atoms with E-state index < -0.39 is 11.6 Å². The van der Waals surface area contributed by atoms with E-state index in [2.05, 4.69) is 15.9 Å². The smallest absolute Gasteiger partial charge is 0.170 e. The second-order valence-corrected chi connectivity index (χ2v) is 4.67. The third kappa shape index (κ3) is 2.82. The van der Waals surface area contributed by atoms with Crippen LogP contribution in [0.3, 0.4) is 0 Å². The standard InChI is InChI=1S/C14H9BrF2O/c15-12-4-2-1-3-9(12)7-14(18)11-6-5-10(16)8-13(11)17/h1-6,8H,7H2. The minimum Gasteiger partial charge on any atom is -0.294 e. The van der Waals surface area contributed by atoms with Crippen LogP contribution in [-0.2, 0) is 6.42 Å². The molecule has 0 radical (unpaired) electrons. The van der Waals surface area contributed by atoms with Crippen LogP contribution in [0.2, 0.25) is 0 Å². The molecule has 0 N–H and O–H groups in total. The quantitative estimate of drug-likeness (QED) is 0.778. The van der Waals surface area contributed by atoms with E-state index in [1.54, 1.807) is 12.1 Å². The SMILES string of the molecule is O=C(Cc1ccccc1Br)c1ccc(F)cc1F. The normalized spacial score (nSPS) is 10.4. The van der Waals surface area contributed by atoms with Crippen LogP contribution in [0.25, 0.3) is 0 Å². The maximum atomic E-state index is 13.4. The van der Waals surface area contributed by atoms with Gasteiger partial charge in [0.2, 0.25) is 0 Å². The van der Waals surface area contributed by atoms with Crippen molar-refractivity contribution in [1.82, 2.24) is 0 Å². The zero-order chi connectivity index (χ0) is 13.1. The Hall–Kier alpha value is -1.55. The van der Waals surface area contributed by atoms with E-state index in [1.807, 2.05) is 12.1 Å². The number of halogens is 3. The zero-order valence-corrected chi connectivity index (χ0v) is 10.9. The van der Waals surface area contributed by atoms with Crippen molar-refractivity contribution >= 4 is 21.7 Å². The molecule has 2 rings (SSSR count). The number of benzene rings is 2. The lowest BCUT2D eigenvalue weighted by atomic mass is 10.0. The van der Waals surface area contributed by atoms with Gasteiger partial charge in [-0.3, -0.25) is 4.79 Å². The van der Waals surface area contributed by atoms with Crippen molar-refractivity contribution in [3.63, 3.8) is 0 Å². The van der Waals surface area contributed by atoms with Crippen LogP contribution in [0, 0.1) is 11.6 Å². The van der Waals surface area contributed by atoms with Gasteiger partial charge in [-0.25, -0.2) is 8.78 Å². The number of carbonyl (C=O) groups is 1. The molecule has 0 unspecified atom stereocenters. The van der Waals surface area contributed by atoms with Gasteiger partial charge < -0.3 is 0 Å². The first kappa shape index (κ1) is 12.9. The number of Topliss-reactive ketones (excluding diaryl/α,β-unsaturated/α-hetero) is 1. The van der Waals surface area contributed by atoms with Crippen molar-refractivity contribution in [3.8, 4) is 0 Å². The molecule has 0 saturated carbocycles. The Labute approximate surface area is 112 Å². The third-order valence-electron chi connectivity index (χ3n) is 2.54. The van der Waals surface area contributed by atoms with Crippen LogP contribution in [0.1, 0.15) is 15.9 Å². The van der Waals surface area contributed by atoms with Gasteiger partial charge in [0.15, 0.2) is 5.78 Å². The zero-order valence-electron chi connectivity index (χ0n) is 9.29. The van der Waals surface area contributed by atoms with E-state index in [0.717, 1.165) is 16.1 Å². The minimum atomic E-state index is -0.827. The second-order valence-electron chi connectivity index (χ2n) is 3.82. The van der Waals surface area contributed by atoms with E-state index in [-0.39, 0.29) is 17.8 Å². The van der Waals surface area contributed by atoms with Crippen molar-refractivity contribution in [1.29, 1.82) is 0 Å². The lowest BCUT2D eigenvalue weighted by Gasteiger charge is -2.05. The number of hydrogen-bond acceptors (Lipinski definition) is 1. The topological polar surface area (TPSA) is 17.1 Å². The highest BCUT2D eigenvalue weighted by atomic mass is 79.9. The molecule has 2 aromatic rings. The molecule has 0 aliphatic rings. The predicted octanol–water partition coefficient (Wildman–Crippen LogP) is 4.15. The summed E-state index contributed by atoms with van der Waals surface area (Å²) in [6.07, 6.45) is 0.0734. The van der Waals surface area contributed by atoms with Crippen LogP contribution in [0.4, 0.5) is 8.78 Å². The summed E-state index contributed by atoms with van der Waals surface area (Å²) in [5.41, 5.74) is 0.679. The van der Waals surface area contributed by atoms with Crippen LogP contribution < -0.4 is 0 Å². The van der Waals surface area contributed by atoms with Crippen LogP contribution in [0.5, 0.6) is 0 Å². The summed E-state index contributed by atoms with van der Waals surface area (Å²) in [5.74, 6) is -1.89. The average Bonchev–Trinajstić information content (AvgIpc) is 2.32. The Balaban J connectivity index is 2.25. The van der Waals surface area contributed by atoms with E-state index in [9.17, 15) is 13.6 Å². The molecule has 18 heavy (non-hydrogen) atoms. The Morgan fingerprint density at radius 1 is 1.11 bits per heavy atom. The fourth-order valence-electron chi connectivity index (χ4n) is 1.63. The van der Waals surface area contributed by atoms with Gasteiger partial charge in [-0.2, -0.15) is 0 Å². The first-order chi connectivity index (χ1) is 8.58. The molecule has 0 aromatic heterocycles. The highest BCUT2D eigenvalue weighted by Crippen LogP contribution is 2.19. The third-order valence-corrected chi connectivity index (χ3v) is 3.31. The number of carbonyl (C=O) groups excluding carboxylic acids is 1. The van der Waals surface area contributed by atoms with Crippen LogP contribution in [-0.4, -0.2) is 5.78 Å². The van der Waals surface area contributed by atoms with Crippen molar-refractivity contribution < 1.29 is 13.6 Å². The first-order valence-electron chi connectivity index (χ1n) is 5.29. The molecule has 0 aliphatic heterocycles. The average molecular weight is 311 g/mol. The number of ketones is 1. The number of hydrogen-bond donors (Lipinski definition) is 0. The Kier molecular flexibility index (Phi) is 3.87. The molecule has 4 heteroatoms. The molecule has 1 nitrogen and oxygen atoms in total. The van der Waals surface area contributed by atoms with Crippen molar-refractivity contribution in [2.75, 3.05) is 0 Å². The Morgan fingerprint density at radius 2 is 1.83 bits per heavy atom. The fourth-order valence-corrected chi connectivity index (χ4v) is 2.05. The summed E-state index contributed by atoms with van der Waals surface area (Å²) in [5, 5.41) is 0. The maximum absolute atomic E-state index is 13.4. The minimum absolute atomic E-state index is 0.0734. The van der Waals surface area contributed by atoms with E-state index >= 15 is 0 Å². The van der Waals surface area contributed by atoms with Crippen LogP contribution >= 0.6 is 15.9 Å². The van der Waals surface area contributed by atoms with Gasteiger partial charge in [0.1, 0.15) is 11.6 Å². The highest BCUT2D eigenvalue weighted by molar-refractivity contribution is 9.10. The Bertz CT molecular complexity index is 596. The monoisotopic (exact) mass is 310 g/mol. The van der Waals surface area contributed by atoms with Gasteiger partial charge >= 0.3 is 0 Å². The lowest BCUT2D eigenvalue weighted by Crippen LogP contribution is -2.07. The molecule has 0 fully saturated rings. The van der Waals surface area contributed by atoms with E-state index in [4.69, 9.17) is 0 Å². The highest BCUT2D eigenvalue weighted by Gasteiger charge is 2.14. The summed E-state index contributed by atoms with van der Waals surface area (Å²) in [6.45, 7) is 0. The van der Waals surface area contributed by atoms with E-state index in [1.165, 1.54) is 6.07 Å². The van der Waals surface area contributed by atoms with Crippen molar-refractivity contribution in [3.05, 3.63) is 69.7 Å². The molecular formula is C14H9BrF2O. The summed E-state index contributed by atoms with van der Waals surface area (Å²) in [4.78, 5) is 11.9. The van der Waals surface area contributed by atoms with Gasteiger partial charge in [0, 0.05) is 17.0 Å². The summed E-state index contributed by atoms with van der Waals surface area (Å²) in [7, 11) is 0. The van der Waals surface area contributed by atoms with Gasteiger partial charge in [0.25, 0.3) is 0 Å². The fraction of sp³-hybridized carbons (Fsp3) is 0.0714. The molecular weight excluding hydrogens is 302 g/mol. The van der Waals surface area contributed by atoms with Gasteiger partial charge in [0.05, 0.1) is 5.56 Å².